The van der Waals surface area contributed by atoms with Gasteiger partial charge < -0.3 is 4.74 Å². The van der Waals surface area contributed by atoms with E-state index in [9.17, 15) is 0 Å². The van der Waals surface area contributed by atoms with E-state index in [-0.39, 0.29) is 12.1 Å². The molecule has 2 rings (SSSR count). The summed E-state index contributed by atoms with van der Waals surface area (Å²) in [5, 5.41) is 0.736. The number of hydrogen-bond acceptors (Lipinski definition) is 4. The van der Waals surface area contributed by atoms with Crippen LogP contribution in [0.4, 0.5) is 0 Å². The maximum atomic E-state index is 6.20. The lowest BCUT2D eigenvalue weighted by Crippen LogP contribution is -2.29. The molecule has 3 N–H and O–H groups in total. The molecule has 1 aromatic carbocycles. The summed E-state index contributed by atoms with van der Waals surface area (Å²) < 4.78 is 5.67. The molecule has 0 fully saturated rings. The number of ether oxygens (including phenoxy) is 1. The Labute approximate surface area is 130 Å². The summed E-state index contributed by atoms with van der Waals surface area (Å²) in [6.45, 7) is 3.96. The van der Waals surface area contributed by atoms with Gasteiger partial charge in [-0.15, -0.1) is 0 Å². The number of nitrogens with one attached hydrogen (secondary N) is 1. The summed E-state index contributed by atoms with van der Waals surface area (Å²) >= 11 is 6.20. The summed E-state index contributed by atoms with van der Waals surface area (Å²) in [4.78, 5) is 4.22. The highest BCUT2D eigenvalue weighted by Gasteiger charge is 2.14. The van der Waals surface area contributed by atoms with Crippen molar-refractivity contribution in [1.29, 1.82) is 0 Å². The van der Waals surface area contributed by atoms with Crippen molar-refractivity contribution in [2.24, 2.45) is 5.84 Å². The summed E-state index contributed by atoms with van der Waals surface area (Å²) in [5.74, 6) is 6.43. The minimum absolute atomic E-state index is 0.0758. The number of nitrogens with zero attached hydrogens (tertiary/aromatic N) is 1. The molecule has 21 heavy (non-hydrogen) atoms. The predicted molar refractivity (Wildman–Crippen MR) is 85.2 cm³/mol. The van der Waals surface area contributed by atoms with Gasteiger partial charge >= 0.3 is 0 Å². The van der Waals surface area contributed by atoms with Crippen molar-refractivity contribution in [3.63, 3.8) is 0 Å². The number of benzene rings is 1. The molecule has 1 unspecified atom stereocenters. The van der Waals surface area contributed by atoms with Gasteiger partial charge in [-0.2, -0.15) is 0 Å². The molecular formula is C16H20ClN3O. The fourth-order valence-electron chi connectivity index (χ4n) is 2.12. The van der Waals surface area contributed by atoms with E-state index in [0.29, 0.717) is 6.42 Å². The van der Waals surface area contributed by atoms with E-state index in [4.69, 9.17) is 22.2 Å². The van der Waals surface area contributed by atoms with Crippen molar-refractivity contribution in [3.05, 3.63) is 58.9 Å². The van der Waals surface area contributed by atoms with Crippen LogP contribution in [0, 0.1) is 0 Å². The van der Waals surface area contributed by atoms with Gasteiger partial charge in [-0.1, -0.05) is 29.8 Å². The maximum absolute atomic E-state index is 6.20. The van der Waals surface area contributed by atoms with Gasteiger partial charge in [0.25, 0.3) is 0 Å². The van der Waals surface area contributed by atoms with Crippen LogP contribution in [-0.2, 0) is 6.42 Å². The molecule has 1 atom stereocenters. The Balaban J connectivity index is 2.19. The second-order valence-corrected chi connectivity index (χ2v) is 5.54. The lowest BCUT2D eigenvalue weighted by atomic mass is 10.0. The van der Waals surface area contributed by atoms with Crippen molar-refractivity contribution in [3.8, 4) is 5.75 Å². The van der Waals surface area contributed by atoms with Gasteiger partial charge in [0.2, 0.25) is 0 Å². The standard InChI is InChI=1S/C16H20ClN3O/c1-11(2)21-14-7-13(9-19-10-14)16(20-18)8-12-5-3-4-6-15(12)17/h3-7,9-11,16,20H,8,18H2,1-2H3. The Hall–Kier alpha value is -1.62. The van der Waals surface area contributed by atoms with Crippen molar-refractivity contribution >= 4 is 11.6 Å². The zero-order valence-corrected chi connectivity index (χ0v) is 13.0. The first-order valence-electron chi connectivity index (χ1n) is 6.91. The Bertz CT molecular complexity index is 589. The summed E-state index contributed by atoms with van der Waals surface area (Å²) in [6.07, 6.45) is 4.28. The first-order chi connectivity index (χ1) is 10.1. The molecule has 5 heteroatoms. The minimum Gasteiger partial charge on any atom is -0.489 e. The van der Waals surface area contributed by atoms with Crippen LogP contribution in [0.2, 0.25) is 5.02 Å². The van der Waals surface area contributed by atoms with Crippen molar-refractivity contribution in [1.82, 2.24) is 10.4 Å². The van der Waals surface area contributed by atoms with Crippen LogP contribution in [0.25, 0.3) is 0 Å². The average Bonchev–Trinajstić information content (AvgIpc) is 2.46. The van der Waals surface area contributed by atoms with Gasteiger partial charge in [-0.05, 0) is 43.5 Å². The molecule has 0 saturated carbocycles. The summed E-state index contributed by atoms with van der Waals surface area (Å²) in [6, 6.07) is 9.62. The van der Waals surface area contributed by atoms with Crippen LogP contribution < -0.4 is 16.0 Å². The van der Waals surface area contributed by atoms with E-state index < -0.39 is 0 Å². The highest BCUT2D eigenvalue weighted by molar-refractivity contribution is 6.31. The molecule has 0 bridgehead atoms. The molecule has 0 spiro atoms. The van der Waals surface area contributed by atoms with Gasteiger partial charge in [-0.3, -0.25) is 16.3 Å². The third-order valence-electron chi connectivity index (χ3n) is 3.09. The zero-order valence-electron chi connectivity index (χ0n) is 12.2. The molecular weight excluding hydrogens is 286 g/mol. The Kier molecular flexibility index (Phi) is 5.56. The Morgan fingerprint density at radius 2 is 2.05 bits per heavy atom. The molecule has 1 aromatic heterocycles. The van der Waals surface area contributed by atoms with E-state index in [1.165, 1.54) is 0 Å². The number of hydrogen-bond donors (Lipinski definition) is 2. The monoisotopic (exact) mass is 305 g/mol. The van der Waals surface area contributed by atoms with E-state index in [2.05, 4.69) is 10.4 Å². The Morgan fingerprint density at radius 1 is 1.29 bits per heavy atom. The fraction of sp³-hybridized carbons (Fsp3) is 0.312. The van der Waals surface area contributed by atoms with Crippen LogP contribution >= 0.6 is 11.6 Å². The van der Waals surface area contributed by atoms with E-state index in [1.807, 2.05) is 44.2 Å². The van der Waals surface area contributed by atoms with Crippen LogP contribution in [0.1, 0.15) is 31.0 Å². The molecule has 112 valence electrons. The molecule has 1 heterocycles. The smallest absolute Gasteiger partial charge is 0.138 e. The highest BCUT2D eigenvalue weighted by Crippen LogP contribution is 2.24. The molecule has 0 radical (unpaired) electrons. The third kappa shape index (κ3) is 4.43. The molecule has 0 aliphatic rings. The van der Waals surface area contributed by atoms with Crippen molar-refractivity contribution in [2.45, 2.75) is 32.4 Å². The topological polar surface area (TPSA) is 60.2 Å². The first-order valence-corrected chi connectivity index (χ1v) is 7.29. The lowest BCUT2D eigenvalue weighted by molar-refractivity contribution is 0.241. The SMILES string of the molecule is CC(C)Oc1cncc(C(Cc2ccccc2Cl)NN)c1. The van der Waals surface area contributed by atoms with Gasteiger partial charge in [-0.25, -0.2) is 0 Å². The number of hydrazine groups is 1. The maximum Gasteiger partial charge on any atom is 0.138 e. The number of aromatic nitrogens is 1. The minimum atomic E-state index is -0.0758. The molecule has 4 nitrogen and oxygen atoms in total. The van der Waals surface area contributed by atoms with Crippen LogP contribution in [-0.4, -0.2) is 11.1 Å². The quantitative estimate of drug-likeness (QED) is 0.635. The van der Waals surface area contributed by atoms with Crippen molar-refractivity contribution in [2.75, 3.05) is 0 Å². The lowest BCUT2D eigenvalue weighted by Gasteiger charge is -2.18. The van der Waals surface area contributed by atoms with Crippen LogP contribution in [0.3, 0.4) is 0 Å². The highest BCUT2D eigenvalue weighted by atomic mass is 35.5. The largest absolute Gasteiger partial charge is 0.489 e. The normalized spacial score (nSPS) is 12.4. The van der Waals surface area contributed by atoms with Crippen LogP contribution in [0.5, 0.6) is 5.75 Å². The van der Waals surface area contributed by atoms with E-state index >= 15 is 0 Å². The van der Waals surface area contributed by atoms with Crippen molar-refractivity contribution < 1.29 is 4.74 Å². The Morgan fingerprint density at radius 3 is 2.71 bits per heavy atom. The first kappa shape index (κ1) is 15.8. The fourth-order valence-corrected chi connectivity index (χ4v) is 2.33. The van der Waals surface area contributed by atoms with Gasteiger partial charge in [0.15, 0.2) is 0 Å². The number of halogens is 1. The second-order valence-electron chi connectivity index (χ2n) is 5.14. The molecule has 0 aliphatic carbocycles. The third-order valence-corrected chi connectivity index (χ3v) is 3.46. The molecule has 0 aliphatic heterocycles. The van der Waals surface area contributed by atoms with Gasteiger partial charge in [0.1, 0.15) is 5.75 Å². The second kappa shape index (κ2) is 7.41. The predicted octanol–water partition coefficient (Wildman–Crippen LogP) is 3.27. The van der Waals surface area contributed by atoms with Crippen LogP contribution in [0.15, 0.2) is 42.7 Å². The number of rotatable bonds is 6. The van der Waals surface area contributed by atoms with Gasteiger partial charge in [0.05, 0.1) is 18.3 Å². The number of nitrogens with two attached hydrogens (primary N) is 1. The summed E-state index contributed by atoms with van der Waals surface area (Å²) in [5.41, 5.74) is 4.83. The zero-order chi connectivity index (χ0) is 15.2. The average molecular weight is 306 g/mol. The number of pyridine rings is 1. The molecule has 0 amide bonds. The molecule has 0 saturated heterocycles. The molecule has 2 aromatic rings. The van der Waals surface area contributed by atoms with Gasteiger partial charge in [0, 0.05) is 11.2 Å². The van der Waals surface area contributed by atoms with E-state index in [0.717, 1.165) is 21.9 Å². The summed E-state index contributed by atoms with van der Waals surface area (Å²) in [7, 11) is 0. The van der Waals surface area contributed by atoms with E-state index in [1.54, 1.807) is 12.4 Å².